The lowest BCUT2D eigenvalue weighted by Gasteiger charge is -2.34. The van der Waals surface area contributed by atoms with Crippen LogP contribution in [0.1, 0.15) is 21.5 Å². The molecule has 2 N–H and O–H groups in total. The average Bonchev–Trinajstić information content (AvgIpc) is 3.25. The number of hydrogen-bond donors (Lipinski definition) is 2. The van der Waals surface area contributed by atoms with Gasteiger partial charge in [-0.05, 0) is 42.5 Å². The van der Waals surface area contributed by atoms with E-state index in [4.69, 9.17) is 0 Å². The van der Waals surface area contributed by atoms with Crippen LogP contribution in [0.25, 0.3) is 0 Å². The summed E-state index contributed by atoms with van der Waals surface area (Å²) in [5, 5.41) is 9.21. The van der Waals surface area contributed by atoms with Crippen molar-refractivity contribution < 1.29 is 14.4 Å². The van der Waals surface area contributed by atoms with Gasteiger partial charge in [0.1, 0.15) is 0 Å². The van der Waals surface area contributed by atoms with Gasteiger partial charge in [-0.15, -0.1) is 0 Å². The Morgan fingerprint density at radius 2 is 1.83 bits per heavy atom. The Morgan fingerprint density at radius 3 is 2.52 bits per heavy atom. The van der Waals surface area contributed by atoms with Gasteiger partial charge in [-0.2, -0.15) is 11.3 Å². The SMILES string of the molecule is Cc1cccc(NC(=O)CN2CCN(C(=O)CNC(=O)c3ccsc3)CC2)c1C. The van der Waals surface area contributed by atoms with E-state index < -0.39 is 0 Å². The molecule has 29 heavy (non-hydrogen) atoms. The molecule has 1 aromatic carbocycles. The van der Waals surface area contributed by atoms with Gasteiger partial charge in [-0.25, -0.2) is 0 Å². The van der Waals surface area contributed by atoms with Crippen molar-refractivity contribution in [3.8, 4) is 0 Å². The highest BCUT2D eigenvalue weighted by atomic mass is 32.1. The van der Waals surface area contributed by atoms with Crippen molar-refractivity contribution in [1.29, 1.82) is 0 Å². The van der Waals surface area contributed by atoms with Crippen molar-refractivity contribution in [2.75, 3.05) is 44.6 Å². The van der Waals surface area contributed by atoms with Crippen LogP contribution in [0.5, 0.6) is 0 Å². The van der Waals surface area contributed by atoms with Crippen LogP contribution < -0.4 is 10.6 Å². The highest BCUT2D eigenvalue weighted by molar-refractivity contribution is 7.08. The average molecular weight is 415 g/mol. The maximum Gasteiger partial charge on any atom is 0.252 e. The predicted molar refractivity (Wildman–Crippen MR) is 114 cm³/mol. The first-order chi connectivity index (χ1) is 13.9. The van der Waals surface area contributed by atoms with Crippen LogP contribution in [0, 0.1) is 13.8 Å². The van der Waals surface area contributed by atoms with E-state index in [0.717, 1.165) is 16.8 Å². The van der Waals surface area contributed by atoms with Crippen LogP contribution in [-0.2, 0) is 9.59 Å². The maximum absolute atomic E-state index is 12.4. The molecule has 3 rings (SSSR count). The monoisotopic (exact) mass is 414 g/mol. The largest absolute Gasteiger partial charge is 0.343 e. The number of benzene rings is 1. The Bertz CT molecular complexity index is 874. The van der Waals surface area contributed by atoms with Crippen LogP contribution in [-0.4, -0.2) is 66.8 Å². The topological polar surface area (TPSA) is 81.8 Å². The molecule has 0 spiro atoms. The number of nitrogens with one attached hydrogen (secondary N) is 2. The lowest BCUT2D eigenvalue weighted by atomic mass is 10.1. The van der Waals surface area contributed by atoms with E-state index in [-0.39, 0.29) is 24.3 Å². The van der Waals surface area contributed by atoms with Crippen LogP contribution in [0.2, 0.25) is 0 Å². The zero-order valence-electron chi connectivity index (χ0n) is 16.7. The number of rotatable bonds is 6. The number of amides is 3. The number of carbonyl (C=O) groups is 3. The fraction of sp³-hybridized carbons (Fsp3) is 0.381. The first kappa shape index (κ1) is 21.0. The number of carbonyl (C=O) groups excluding carboxylic acids is 3. The van der Waals surface area contributed by atoms with Crippen molar-refractivity contribution in [3.63, 3.8) is 0 Å². The molecule has 1 fully saturated rings. The van der Waals surface area contributed by atoms with E-state index in [2.05, 4.69) is 10.6 Å². The van der Waals surface area contributed by atoms with Gasteiger partial charge in [0, 0.05) is 42.8 Å². The molecule has 1 aliphatic rings. The summed E-state index contributed by atoms with van der Waals surface area (Å²) >= 11 is 1.44. The second-order valence-electron chi connectivity index (χ2n) is 7.15. The van der Waals surface area contributed by atoms with Crippen molar-refractivity contribution in [2.45, 2.75) is 13.8 Å². The van der Waals surface area contributed by atoms with Crippen LogP contribution in [0.4, 0.5) is 5.69 Å². The van der Waals surface area contributed by atoms with Crippen molar-refractivity contribution in [1.82, 2.24) is 15.1 Å². The summed E-state index contributed by atoms with van der Waals surface area (Å²) < 4.78 is 0. The summed E-state index contributed by atoms with van der Waals surface area (Å²) in [5.41, 5.74) is 3.62. The molecule has 2 heterocycles. The van der Waals surface area contributed by atoms with E-state index in [9.17, 15) is 14.4 Å². The standard InChI is InChI=1S/C21H26N4O3S/c1-15-4-3-5-18(16(15)2)23-19(26)13-24-7-9-25(10-8-24)20(27)12-22-21(28)17-6-11-29-14-17/h3-6,11,14H,7-10,12-13H2,1-2H3,(H,22,28)(H,23,26). The molecule has 1 aliphatic heterocycles. The Labute approximate surface area is 174 Å². The minimum absolute atomic E-state index is 0.0121. The number of piperazine rings is 1. The lowest BCUT2D eigenvalue weighted by molar-refractivity contribution is -0.132. The molecule has 0 atom stereocenters. The van der Waals surface area contributed by atoms with Gasteiger partial charge >= 0.3 is 0 Å². The molecule has 0 radical (unpaired) electrons. The van der Waals surface area contributed by atoms with Gasteiger partial charge in [0.2, 0.25) is 11.8 Å². The molecule has 3 amide bonds. The molecule has 0 bridgehead atoms. The Hall–Kier alpha value is -2.71. The Balaban J connectivity index is 1.40. The molecule has 2 aromatic rings. The fourth-order valence-corrected chi connectivity index (χ4v) is 3.83. The minimum Gasteiger partial charge on any atom is -0.343 e. The second kappa shape index (κ2) is 9.67. The zero-order valence-corrected chi connectivity index (χ0v) is 17.6. The first-order valence-electron chi connectivity index (χ1n) is 9.60. The van der Waals surface area contributed by atoms with E-state index >= 15 is 0 Å². The Kier molecular flexibility index (Phi) is 7.00. The van der Waals surface area contributed by atoms with Crippen LogP contribution >= 0.6 is 11.3 Å². The summed E-state index contributed by atoms with van der Waals surface area (Å²) in [6, 6.07) is 7.58. The van der Waals surface area contributed by atoms with Crippen molar-refractivity contribution in [3.05, 3.63) is 51.7 Å². The third-order valence-corrected chi connectivity index (χ3v) is 5.84. The van der Waals surface area contributed by atoms with E-state index in [1.165, 1.54) is 11.3 Å². The number of thiophene rings is 1. The third-order valence-electron chi connectivity index (χ3n) is 5.15. The van der Waals surface area contributed by atoms with Gasteiger partial charge < -0.3 is 15.5 Å². The van der Waals surface area contributed by atoms with Gasteiger partial charge in [0.15, 0.2) is 0 Å². The summed E-state index contributed by atoms with van der Waals surface area (Å²) in [6.45, 7) is 6.64. The van der Waals surface area contributed by atoms with Crippen LogP contribution in [0.15, 0.2) is 35.0 Å². The van der Waals surface area contributed by atoms with Crippen LogP contribution in [0.3, 0.4) is 0 Å². The maximum atomic E-state index is 12.4. The molecule has 0 unspecified atom stereocenters. The molecule has 0 aliphatic carbocycles. The van der Waals surface area contributed by atoms with Gasteiger partial charge in [-0.1, -0.05) is 12.1 Å². The molecule has 1 saturated heterocycles. The molecular formula is C21H26N4O3S. The van der Waals surface area contributed by atoms with E-state index in [0.29, 0.717) is 38.3 Å². The minimum atomic E-state index is -0.235. The zero-order chi connectivity index (χ0) is 20.8. The number of anilines is 1. The lowest BCUT2D eigenvalue weighted by Crippen LogP contribution is -2.52. The molecule has 154 valence electrons. The van der Waals surface area contributed by atoms with Gasteiger partial charge in [0.05, 0.1) is 13.1 Å². The van der Waals surface area contributed by atoms with E-state index in [1.54, 1.807) is 16.3 Å². The number of nitrogens with zero attached hydrogens (tertiary/aromatic N) is 2. The molecule has 8 heteroatoms. The highest BCUT2D eigenvalue weighted by Crippen LogP contribution is 2.18. The number of hydrogen-bond acceptors (Lipinski definition) is 5. The second-order valence-corrected chi connectivity index (χ2v) is 7.93. The molecule has 7 nitrogen and oxygen atoms in total. The quantitative estimate of drug-likeness (QED) is 0.756. The normalized spacial score (nSPS) is 14.5. The van der Waals surface area contributed by atoms with Gasteiger partial charge in [-0.3, -0.25) is 19.3 Å². The summed E-state index contributed by atoms with van der Waals surface area (Å²) in [5.74, 6) is -0.393. The first-order valence-corrected chi connectivity index (χ1v) is 10.5. The predicted octanol–water partition coefficient (Wildman–Crippen LogP) is 1.88. The van der Waals surface area contributed by atoms with Crippen molar-refractivity contribution >= 4 is 34.7 Å². The highest BCUT2D eigenvalue weighted by Gasteiger charge is 2.23. The third kappa shape index (κ3) is 5.65. The molecule has 0 saturated carbocycles. The molecular weight excluding hydrogens is 388 g/mol. The fourth-order valence-electron chi connectivity index (χ4n) is 3.20. The smallest absolute Gasteiger partial charge is 0.252 e. The van der Waals surface area contributed by atoms with Gasteiger partial charge in [0.25, 0.3) is 5.91 Å². The summed E-state index contributed by atoms with van der Waals surface area (Å²) in [7, 11) is 0. The van der Waals surface area contributed by atoms with E-state index in [1.807, 2.05) is 42.3 Å². The Morgan fingerprint density at radius 1 is 1.07 bits per heavy atom. The molecule has 1 aromatic heterocycles. The number of aryl methyl sites for hydroxylation is 1. The summed E-state index contributed by atoms with van der Waals surface area (Å²) in [4.78, 5) is 40.4. The van der Waals surface area contributed by atoms with Crippen molar-refractivity contribution in [2.24, 2.45) is 0 Å². The summed E-state index contributed by atoms with van der Waals surface area (Å²) in [6.07, 6.45) is 0.